The average Bonchev–Trinajstić information content (AvgIpc) is 2.12. The van der Waals surface area contributed by atoms with Crippen LogP contribution >= 0.6 is 0 Å². The van der Waals surface area contributed by atoms with Gasteiger partial charge in [0.25, 0.3) is 0 Å². The highest BCUT2D eigenvalue weighted by atomic mass is 16.4. The van der Waals surface area contributed by atoms with E-state index in [1.54, 1.807) is 0 Å². The van der Waals surface area contributed by atoms with Crippen LogP contribution in [0.2, 0.25) is 0 Å². The van der Waals surface area contributed by atoms with Crippen LogP contribution < -0.4 is 0 Å². The van der Waals surface area contributed by atoms with Crippen LogP contribution in [0, 0.1) is 0 Å². The van der Waals surface area contributed by atoms with Gasteiger partial charge in [0, 0.05) is 17.6 Å². The van der Waals surface area contributed by atoms with Crippen molar-refractivity contribution in [3.05, 3.63) is 35.9 Å². The lowest BCUT2D eigenvalue weighted by atomic mass is 10.1. The van der Waals surface area contributed by atoms with E-state index in [2.05, 4.69) is 6.58 Å². The molecule has 4 nitrogen and oxygen atoms in total. The van der Waals surface area contributed by atoms with Gasteiger partial charge in [-0.05, 0) is 6.07 Å². The number of hydrogen-bond donors (Lipinski definition) is 3. The first kappa shape index (κ1) is 10.1. The van der Waals surface area contributed by atoms with Crippen molar-refractivity contribution >= 4 is 5.97 Å². The third-order valence-electron chi connectivity index (χ3n) is 1.80. The Morgan fingerprint density at radius 3 is 2.57 bits per heavy atom. The molecule has 1 aromatic carbocycles. The summed E-state index contributed by atoms with van der Waals surface area (Å²) in [5.74, 6) is -1.68. The first-order valence-corrected chi connectivity index (χ1v) is 3.93. The lowest BCUT2D eigenvalue weighted by Gasteiger charge is -2.05. The van der Waals surface area contributed by atoms with Gasteiger partial charge >= 0.3 is 5.97 Å². The number of hydrogen-bond acceptors (Lipinski definition) is 3. The molecule has 0 saturated heterocycles. The van der Waals surface area contributed by atoms with Crippen molar-refractivity contribution in [2.75, 3.05) is 0 Å². The second-order valence-corrected chi connectivity index (χ2v) is 2.87. The third kappa shape index (κ3) is 2.04. The van der Waals surface area contributed by atoms with Crippen LogP contribution in [0.3, 0.4) is 0 Å². The van der Waals surface area contributed by atoms with Gasteiger partial charge in [-0.25, -0.2) is 4.79 Å². The number of para-hydroxylation sites is 1. The van der Waals surface area contributed by atoms with Gasteiger partial charge in [-0.2, -0.15) is 0 Å². The van der Waals surface area contributed by atoms with E-state index in [0.29, 0.717) is 5.56 Å². The molecule has 0 aliphatic carbocycles. The highest BCUT2D eigenvalue weighted by Crippen LogP contribution is 2.29. The largest absolute Gasteiger partial charge is 0.504 e. The minimum absolute atomic E-state index is 0.00949. The predicted octanol–water partition coefficient (Wildman–Crippen LogP) is 1.28. The summed E-state index contributed by atoms with van der Waals surface area (Å²) in [7, 11) is 0. The van der Waals surface area contributed by atoms with Crippen molar-refractivity contribution < 1.29 is 20.1 Å². The summed E-state index contributed by atoms with van der Waals surface area (Å²) < 4.78 is 0. The normalized spacial score (nSPS) is 9.71. The van der Waals surface area contributed by atoms with Crippen molar-refractivity contribution in [2.45, 2.75) is 6.42 Å². The van der Waals surface area contributed by atoms with Crippen molar-refractivity contribution in [2.24, 2.45) is 0 Å². The van der Waals surface area contributed by atoms with Gasteiger partial charge in [0.15, 0.2) is 11.5 Å². The highest BCUT2D eigenvalue weighted by Gasteiger charge is 2.10. The van der Waals surface area contributed by atoms with E-state index in [1.165, 1.54) is 18.2 Å². The number of aromatic hydroxyl groups is 2. The van der Waals surface area contributed by atoms with E-state index < -0.39 is 5.97 Å². The Labute approximate surface area is 80.7 Å². The molecule has 0 aromatic heterocycles. The molecule has 0 heterocycles. The fourth-order valence-corrected chi connectivity index (χ4v) is 1.03. The topological polar surface area (TPSA) is 77.8 Å². The van der Waals surface area contributed by atoms with Gasteiger partial charge in [-0.15, -0.1) is 0 Å². The fraction of sp³-hybridized carbons (Fsp3) is 0.100. The first-order chi connectivity index (χ1) is 6.52. The summed E-state index contributed by atoms with van der Waals surface area (Å²) in [5.41, 5.74) is 0.309. The van der Waals surface area contributed by atoms with Gasteiger partial charge < -0.3 is 15.3 Å². The Morgan fingerprint density at radius 2 is 2.00 bits per heavy atom. The molecule has 3 N–H and O–H groups in total. The molecule has 0 unspecified atom stereocenters. The Balaban J connectivity index is 2.93. The molecule has 0 aliphatic heterocycles. The van der Waals surface area contributed by atoms with Crippen LogP contribution in [0.5, 0.6) is 11.5 Å². The molecular formula is C10H10O4. The van der Waals surface area contributed by atoms with Crippen molar-refractivity contribution in [3.8, 4) is 11.5 Å². The van der Waals surface area contributed by atoms with Gasteiger partial charge in [-0.3, -0.25) is 0 Å². The van der Waals surface area contributed by atoms with Crippen LogP contribution in [-0.4, -0.2) is 21.3 Å². The summed E-state index contributed by atoms with van der Waals surface area (Å²) in [6.45, 7) is 3.33. The predicted molar refractivity (Wildman–Crippen MR) is 50.3 cm³/mol. The smallest absolute Gasteiger partial charge is 0.331 e. The van der Waals surface area contributed by atoms with Gasteiger partial charge in [-0.1, -0.05) is 18.7 Å². The van der Waals surface area contributed by atoms with Crippen molar-refractivity contribution in [1.82, 2.24) is 0 Å². The molecule has 0 saturated carbocycles. The number of carboxylic acids is 1. The number of aliphatic carboxylic acids is 1. The summed E-state index contributed by atoms with van der Waals surface area (Å²) in [4.78, 5) is 10.5. The molecule has 0 spiro atoms. The first-order valence-electron chi connectivity index (χ1n) is 3.93. The van der Waals surface area contributed by atoms with E-state index in [0.717, 1.165) is 0 Å². The summed E-state index contributed by atoms with van der Waals surface area (Å²) in [6.07, 6.45) is 0.00949. The summed E-state index contributed by atoms with van der Waals surface area (Å²) in [5, 5.41) is 27.0. The van der Waals surface area contributed by atoms with E-state index in [4.69, 9.17) is 10.2 Å². The van der Waals surface area contributed by atoms with E-state index >= 15 is 0 Å². The summed E-state index contributed by atoms with van der Waals surface area (Å²) in [6, 6.07) is 4.38. The molecule has 0 bridgehead atoms. The molecule has 0 atom stereocenters. The van der Waals surface area contributed by atoms with Gasteiger partial charge in [0.1, 0.15) is 0 Å². The zero-order chi connectivity index (χ0) is 10.7. The quantitative estimate of drug-likeness (QED) is 0.500. The summed E-state index contributed by atoms with van der Waals surface area (Å²) >= 11 is 0. The maximum atomic E-state index is 10.5. The van der Waals surface area contributed by atoms with Crippen LogP contribution in [-0.2, 0) is 11.2 Å². The van der Waals surface area contributed by atoms with Crippen LogP contribution in [0.25, 0.3) is 0 Å². The maximum absolute atomic E-state index is 10.5. The van der Waals surface area contributed by atoms with Crippen molar-refractivity contribution in [1.29, 1.82) is 0 Å². The van der Waals surface area contributed by atoms with Crippen LogP contribution in [0.1, 0.15) is 5.56 Å². The van der Waals surface area contributed by atoms with E-state index in [-0.39, 0.29) is 23.5 Å². The number of carbonyl (C=O) groups is 1. The minimum Gasteiger partial charge on any atom is -0.504 e. The Hall–Kier alpha value is -1.97. The monoisotopic (exact) mass is 194 g/mol. The molecule has 0 amide bonds. The lowest BCUT2D eigenvalue weighted by Crippen LogP contribution is -2.02. The molecule has 0 radical (unpaired) electrons. The standard InChI is InChI=1S/C10H10O4/c1-6(10(13)14)5-7-3-2-4-8(11)9(7)12/h2-4,11-12H,1,5H2,(H,13,14). The van der Waals surface area contributed by atoms with Gasteiger partial charge in [0.2, 0.25) is 0 Å². The number of benzene rings is 1. The van der Waals surface area contributed by atoms with Crippen molar-refractivity contribution in [3.63, 3.8) is 0 Å². The number of phenols is 2. The zero-order valence-corrected chi connectivity index (χ0v) is 7.40. The molecule has 0 fully saturated rings. The molecular weight excluding hydrogens is 184 g/mol. The zero-order valence-electron chi connectivity index (χ0n) is 7.40. The number of rotatable bonds is 3. The molecule has 1 aromatic rings. The minimum atomic E-state index is -1.12. The lowest BCUT2D eigenvalue weighted by molar-refractivity contribution is -0.132. The molecule has 4 heteroatoms. The average molecular weight is 194 g/mol. The molecule has 1 rings (SSSR count). The van der Waals surface area contributed by atoms with E-state index in [1.807, 2.05) is 0 Å². The molecule has 0 aliphatic rings. The van der Waals surface area contributed by atoms with Gasteiger partial charge in [0.05, 0.1) is 0 Å². The van der Waals surface area contributed by atoms with E-state index in [9.17, 15) is 9.90 Å². The Kier molecular flexibility index (Phi) is 2.76. The SMILES string of the molecule is C=C(Cc1cccc(O)c1O)C(=O)O. The third-order valence-corrected chi connectivity index (χ3v) is 1.80. The second kappa shape index (κ2) is 3.83. The number of phenolic OH excluding ortho intramolecular Hbond substituents is 2. The number of carboxylic acid groups (broad SMARTS) is 1. The Bertz CT molecular complexity index is 382. The highest BCUT2D eigenvalue weighted by molar-refractivity contribution is 5.86. The van der Waals surface area contributed by atoms with Crippen LogP contribution in [0.15, 0.2) is 30.4 Å². The maximum Gasteiger partial charge on any atom is 0.331 e. The van der Waals surface area contributed by atoms with Crippen LogP contribution in [0.4, 0.5) is 0 Å². The molecule has 14 heavy (non-hydrogen) atoms. The second-order valence-electron chi connectivity index (χ2n) is 2.87. The Morgan fingerprint density at radius 1 is 1.36 bits per heavy atom. The fourth-order valence-electron chi connectivity index (χ4n) is 1.03. The molecule has 74 valence electrons.